The number of Topliss-reactive ketones (excluding diaryl/α,β-unsaturated/α-hetero) is 1. The van der Waals surface area contributed by atoms with E-state index in [-0.39, 0.29) is 30.8 Å². The molecular formula is C22H23Cl2N3O2. The average molecular weight is 432 g/mol. The van der Waals surface area contributed by atoms with Crippen molar-refractivity contribution < 1.29 is 9.90 Å². The van der Waals surface area contributed by atoms with Crippen LogP contribution in [0.1, 0.15) is 42.2 Å². The number of aliphatic hydroxyl groups excluding tert-OH is 1. The SMILES string of the molecule is CC(C)Nc1cc(-c2c[nH]c(C(=O)C[C@@H](CO)c3cccc(Cl)c3)c2)c(Cl)cn1. The molecule has 152 valence electrons. The molecule has 2 heterocycles. The Morgan fingerprint density at radius 1 is 1.24 bits per heavy atom. The lowest BCUT2D eigenvalue weighted by Gasteiger charge is -2.13. The second-order valence-corrected chi connectivity index (χ2v) is 8.06. The topological polar surface area (TPSA) is 78.0 Å². The Morgan fingerprint density at radius 3 is 2.72 bits per heavy atom. The molecule has 3 rings (SSSR count). The van der Waals surface area contributed by atoms with Crippen molar-refractivity contribution in [2.45, 2.75) is 32.2 Å². The normalized spacial score (nSPS) is 12.2. The van der Waals surface area contributed by atoms with Crippen LogP contribution in [0.2, 0.25) is 10.0 Å². The molecule has 2 aromatic heterocycles. The maximum Gasteiger partial charge on any atom is 0.179 e. The fourth-order valence-corrected chi connectivity index (χ4v) is 3.54. The highest BCUT2D eigenvalue weighted by Crippen LogP contribution is 2.31. The minimum Gasteiger partial charge on any atom is -0.396 e. The summed E-state index contributed by atoms with van der Waals surface area (Å²) in [5.41, 5.74) is 2.89. The summed E-state index contributed by atoms with van der Waals surface area (Å²) in [7, 11) is 0. The lowest BCUT2D eigenvalue weighted by atomic mass is 9.93. The van der Waals surface area contributed by atoms with Gasteiger partial charge in [0.15, 0.2) is 5.78 Å². The molecule has 0 unspecified atom stereocenters. The molecule has 1 atom stereocenters. The monoisotopic (exact) mass is 431 g/mol. The zero-order valence-electron chi connectivity index (χ0n) is 16.2. The number of aromatic nitrogens is 2. The minimum atomic E-state index is -0.320. The van der Waals surface area contributed by atoms with E-state index in [9.17, 15) is 9.90 Å². The van der Waals surface area contributed by atoms with Crippen LogP contribution in [0.15, 0.2) is 48.8 Å². The van der Waals surface area contributed by atoms with Gasteiger partial charge in [0, 0.05) is 46.9 Å². The molecule has 7 heteroatoms. The van der Waals surface area contributed by atoms with Crippen LogP contribution in [0.25, 0.3) is 11.1 Å². The van der Waals surface area contributed by atoms with Gasteiger partial charge in [-0.1, -0.05) is 35.3 Å². The fourth-order valence-electron chi connectivity index (χ4n) is 3.13. The first-order valence-electron chi connectivity index (χ1n) is 9.37. The van der Waals surface area contributed by atoms with Crippen molar-refractivity contribution in [3.63, 3.8) is 0 Å². The summed E-state index contributed by atoms with van der Waals surface area (Å²) in [4.78, 5) is 20.1. The van der Waals surface area contributed by atoms with Crippen molar-refractivity contribution in [2.75, 3.05) is 11.9 Å². The maximum absolute atomic E-state index is 12.8. The molecule has 3 N–H and O–H groups in total. The highest BCUT2D eigenvalue weighted by atomic mass is 35.5. The first kappa shape index (κ1) is 21.4. The van der Waals surface area contributed by atoms with Crippen molar-refractivity contribution in [3.8, 4) is 11.1 Å². The number of hydrogen-bond donors (Lipinski definition) is 3. The van der Waals surface area contributed by atoms with E-state index in [2.05, 4.69) is 15.3 Å². The van der Waals surface area contributed by atoms with E-state index in [4.69, 9.17) is 23.2 Å². The average Bonchev–Trinajstić information content (AvgIpc) is 3.17. The number of H-pyrrole nitrogens is 1. The van der Waals surface area contributed by atoms with Crippen LogP contribution in [-0.4, -0.2) is 33.5 Å². The summed E-state index contributed by atoms with van der Waals surface area (Å²) in [6.07, 6.45) is 3.51. The molecule has 0 saturated heterocycles. The van der Waals surface area contributed by atoms with Crippen LogP contribution >= 0.6 is 23.2 Å². The Kier molecular flexibility index (Phi) is 6.96. The molecule has 0 aliphatic rings. The maximum atomic E-state index is 12.8. The molecule has 0 aliphatic carbocycles. The highest BCUT2D eigenvalue weighted by Gasteiger charge is 2.19. The van der Waals surface area contributed by atoms with Gasteiger partial charge in [0.2, 0.25) is 0 Å². The molecule has 0 fully saturated rings. The van der Waals surface area contributed by atoms with Crippen LogP contribution in [0.3, 0.4) is 0 Å². The van der Waals surface area contributed by atoms with E-state index >= 15 is 0 Å². The zero-order chi connectivity index (χ0) is 21.0. The molecule has 29 heavy (non-hydrogen) atoms. The lowest BCUT2D eigenvalue weighted by Crippen LogP contribution is -2.11. The minimum absolute atomic E-state index is 0.0963. The van der Waals surface area contributed by atoms with Gasteiger partial charge in [0.1, 0.15) is 5.82 Å². The number of pyridine rings is 1. The zero-order valence-corrected chi connectivity index (χ0v) is 17.8. The van der Waals surface area contributed by atoms with Crippen LogP contribution in [0.5, 0.6) is 0 Å². The van der Waals surface area contributed by atoms with E-state index in [1.807, 2.05) is 32.0 Å². The molecular weight excluding hydrogens is 409 g/mol. The quantitative estimate of drug-likeness (QED) is 0.408. The third-order valence-electron chi connectivity index (χ3n) is 4.56. The summed E-state index contributed by atoms with van der Waals surface area (Å²) in [6, 6.07) is 11.1. The van der Waals surface area contributed by atoms with E-state index in [1.165, 1.54) is 0 Å². The fraction of sp³-hybridized carbons (Fsp3) is 0.273. The number of carbonyl (C=O) groups is 1. The second kappa shape index (κ2) is 9.44. The van der Waals surface area contributed by atoms with Crippen molar-refractivity contribution in [1.82, 2.24) is 9.97 Å². The van der Waals surface area contributed by atoms with Gasteiger partial charge >= 0.3 is 0 Å². The van der Waals surface area contributed by atoms with Crippen molar-refractivity contribution in [1.29, 1.82) is 0 Å². The second-order valence-electron chi connectivity index (χ2n) is 7.21. The number of ketones is 1. The molecule has 0 amide bonds. The highest BCUT2D eigenvalue weighted by molar-refractivity contribution is 6.33. The van der Waals surface area contributed by atoms with E-state index in [0.29, 0.717) is 15.7 Å². The number of hydrogen-bond acceptors (Lipinski definition) is 4. The molecule has 5 nitrogen and oxygen atoms in total. The van der Waals surface area contributed by atoms with Gasteiger partial charge in [0.25, 0.3) is 0 Å². The first-order chi connectivity index (χ1) is 13.9. The van der Waals surface area contributed by atoms with Gasteiger partial charge in [-0.2, -0.15) is 0 Å². The standard InChI is InChI=1S/C22H23Cl2N3O2/c1-13(2)27-22-9-18(19(24)11-26-22)15-7-20(25-10-15)21(29)8-16(12-28)14-4-3-5-17(23)6-14/h3-7,9-11,13,16,25,28H,8,12H2,1-2H3,(H,26,27)/t16-/m0/s1. The molecule has 0 radical (unpaired) electrons. The van der Waals surface area contributed by atoms with E-state index < -0.39 is 0 Å². The predicted molar refractivity (Wildman–Crippen MR) is 118 cm³/mol. The summed E-state index contributed by atoms with van der Waals surface area (Å²) in [5, 5.41) is 14.1. The molecule has 0 saturated carbocycles. The third kappa shape index (κ3) is 5.38. The van der Waals surface area contributed by atoms with E-state index in [0.717, 1.165) is 22.5 Å². The Morgan fingerprint density at radius 2 is 2.03 bits per heavy atom. The van der Waals surface area contributed by atoms with Crippen LogP contribution < -0.4 is 5.32 Å². The van der Waals surface area contributed by atoms with Gasteiger partial charge in [-0.3, -0.25) is 4.79 Å². The smallest absolute Gasteiger partial charge is 0.179 e. The van der Waals surface area contributed by atoms with Crippen LogP contribution in [0.4, 0.5) is 5.82 Å². The molecule has 0 spiro atoms. The van der Waals surface area contributed by atoms with Gasteiger partial charge in [-0.25, -0.2) is 4.98 Å². The number of carbonyl (C=O) groups excluding carboxylic acids is 1. The number of anilines is 1. The van der Waals surface area contributed by atoms with Gasteiger partial charge < -0.3 is 15.4 Å². The Hall–Kier alpha value is -2.34. The Balaban J connectivity index is 1.79. The number of rotatable bonds is 8. The largest absolute Gasteiger partial charge is 0.396 e. The Bertz CT molecular complexity index is 1000. The summed E-state index contributed by atoms with van der Waals surface area (Å²) >= 11 is 12.4. The van der Waals surface area contributed by atoms with Crippen molar-refractivity contribution >= 4 is 34.8 Å². The lowest BCUT2D eigenvalue weighted by molar-refractivity contribution is 0.0956. The molecule has 3 aromatic rings. The van der Waals surface area contributed by atoms with Gasteiger partial charge in [-0.15, -0.1) is 0 Å². The summed E-state index contributed by atoms with van der Waals surface area (Å²) < 4.78 is 0. The van der Waals surface area contributed by atoms with Crippen molar-refractivity contribution in [2.24, 2.45) is 0 Å². The number of aliphatic hydroxyl groups is 1. The number of halogens is 2. The number of nitrogens with one attached hydrogen (secondary N) is 2. The van der Waals surface area contributed by atoms with E-state index in [1.54, 1.807) is 30.6 Å². The summed E-state index contributed by atoms with van der Waals surface area (Å²) in [6.45, 7) is 3.92. The first-order valence-corrected chi connectivity index (χ1v) is 10.1. The number of nitrogens with zero attached hydrogens (tertiary/aromatic N) is 1. The number of aromatic amines is 1. The third-order valence-corrected chi connectivity index (χ3v) is 5.09. The number of benzene rings is 1. The molecule has 0 bridgehead atoms. The predicted octanol–water partition coefficient (Wildman–Crippen LogP) is 5.55. The summed E-state index contributed by atoms with van der Waals surface area (Å²) in [5.74, 6) is 0.301. The van der Waals surface area contributed by atoms with Gasteiger partial charge in [0.05, 0.1) is 17.3 Å². The molecule has 1 aromatic carbocycles. The Labute approximate surface area is 180 Å². The van der Waals surface area contributed by atoms with Gasteiger partial charge in [-0.05, 0) is 43.7 Å². The van der Waals surface area contributed by atoms with Crippen LogP contribution in [0, 0.1) is 0 Å². The molecule has 0 aliphatic heterocycles. The van der Waals surface area contributed by atoms with Crippen molar-refractivity contribution in [3.05, 3.63) is 70.1 Å². The van der Waals surface area contributed by atoms with Crippen LogP contribution in [-0.2, 0) is 0 Å².